The predicted molar refractivity (Wildman–Crippen MR) is 97.8 cm³/mol. The first-order valence-corrected chi connectivity index (χ1v) is 8.52. The first-order chi connectivity index (χ1) is 12.5. The number of nitro benzene ring substituents is 1. The third-order valence-electron chi connectivity index (χ3n) is 3.62. The van der Waals surface area contributed by atoms with Crippen LogP contribution in [0.15, 0.2) is 66.0 Å². The van der Waals surface area contributed by atoms with Gasteiger partial charge in [0, 0.05) is 22.7 Å². The zero-order valence-electron chi connectivity index (χ0n) is 13.4. The van der Waals surface area contributed by atoms with E-state index in [1.54, 1.807) is 18.2 Å². The molecule has 1 heterocycles. The van der Waals surface area contributed by atoms with Gasteiger partial charge in [-0.3, -0.25) is 10.1 Å². The molecule has 8 heteroatoms. The van der Waals surface area contributed by atoms with Gasteiger partial charge in [0.05, 0.1) is 11.0 Å². The summed E-state index contributed by atoms with van der Waals surface area (Å²) in [5.41, 5.74) is 0.917. The van der Waals surface area contributed by atoms with Crippen LogP contribution in [0.3, 0.4) is 0 Å². The summed E-state index contributed by atoms with van der Waals surface area (Å²) in [5, 5.41) is 18.1. The topological polar surface area (TPSA) is 84.3 Å². The Bertz CT molecular complexity index is 914. The Hall–Kier alpha value is -3.26. The van der Waals surface area contributed by atoms with E-state index in [0.717, 1.165) is 10.4 Å². The number of carbonyl (C=O) groups excluding carboxylic acids is 1. The van der Waals surface area contributed by atoms with E-state index in [4.69, 9.17) is 0 Å². The normalized spacial score (nSPS) is 11.6. The zero-order valence-corrected chi connectivity index (χ0v) is 14.2. The lowest BCUT2D eigenvalue weighted by atomic mass is 10.1. The Morgan fingerprint density at radius 1 is 1.12 bits per heavy atom. The van der Waals surface area contributed by atoms with Gasteiger partial charge >= 0.3 is 6.03 Å². The number of halogens is 1. The van der Waals surface area contributed by atoms with Crippen LogP contribution >= 0.6 is 11.3 Å². The second kappa shape index (κ2) is 7.75. The van der Waals surface area contributed by atoms with E-state index in [9.17, 15) is 19.3 Å². The molecule has 2 amide bonds. The summed E-state index contributed by atoms with van der Waals surface area (Å²) in [6, 6.07) is 14.3. The SMILES string of the molecule is O=C(Nc1cccc([N+](=O)[O-])c1)N[C@H](c1ccc(F)cc1)c1cccs1. The minimum atomic E-state index is -0.532. The predicted octanol–water partition coefficient (Wildman–Crippen LogP) is 4.71. The van der Waals surface area contributed by atoms with E-state index in [1.807, 2.05) is 17.5 Å². The summed E-state index contributed by atoms with van der Waals surface area (Å²) < 4.78 is 13.2. The van der Waals surface area contributed by atoms with E-state index in [1.165, 1.54) is 41.7 Å². The number of non-ortho nitro benzene ring substituents is 1. The lowest BCUT2D eigenvalue weighted by Gasteiger charge is -2.18. The fraction of sp³-hybridized carbons (Fsp3) is 0.0556. The van der Waals surface area contributed by atoms with Gasteiger partial charge < -0.3 is 10.6 Å². The second-order valence-electron chi connectivity index (χ2n) is 5.41. The van der Waals surface area contributed by atoms with Crippen molar-refractivity contribution < 1.29 is 14.1 Å². The average Bonchev–Trinajstić information content (AvgIpc) is 3.15. The van der Waals surface area contributed by atoms with Gasteiger partial charge in [0.1, 0.15) is 5.82 Å². The van der Waals surface area contributed by atoms with Crippen molar-refractivity contribution in [3.63, 3.8) is 0 Å². The van der Waals surface area contributed by atoms with Crippen molar-refractivity contribution in [2.75, 3.05) is 5.32 Å². The summed E-state index contributed by atoms with van der Waals surface area (Å²) in [6.45, 7) is 0. The molecule has 0 bridgehead atoms. The number of anilines is 1. The molecule has 2 aromatic carbocycles. The molecular weight excluding hydrogens is 357 g/mol. The molecule has 0 saturated carbocycles. The van der Waals surface area contributed by atoms with E-state index in [0.29, 0.717) is 5.69 Å². The largest absolute Gasteiger partial charge is 0.326 e. The van der Waals surface area contributed by atoms with Crippen LogP contribution in [-0.2, 0) is 0 Å². The molecule has 0 aliphatic rings. The van der Waals surface area contributed by atoms with Gasteiger partial charge in [0.2, 0.25) is 0 Å². The van der Waals surface area contributed by atoms with Crippen LogP contribution in [0.25, 0.3) is 0 Å². The number of carbonyl (C=O) groups is 1. The van der Waals surface area contributed by atoms with Crippen LogP contribution in [0.1, 0.15) is 16.5 Å². The maximum absolute atomic E-state index is 13.2. The average molecular weight is 371 g/mol. The highest BCUT2D eigenvalue weighted by atomic mass is 32.1. The van der Waals surface area contributed by atoms with Crippen LogP contribution in [0.2, 0.25) is 0 Å². The van der Waals surface area contributed by atoms with Gasteiger partial charge in [0.15, 0.2) is 0 Å². The van der Waals surface area contributed by atoms with Gasteiger partial charge in [-0.15, -0.1) is 11.3 Å². The molecule has 0 aliphatic heterocycles. The first-order valence-electron chi connectivity index (χ1n) is 7.64. The second-order valence-corrected chi connectivity index (χ2v) is 6.39. The maximum Gasteiger partial charge on any atom is 0.320 e. The summed E-state index contributed by atoms with van der Waals surface area (Å²) in [4.78, 5) is 23.6. The van der Waals surface area contributed by atoms with Crippen molar-refractivity contribution in [2.45, 2.75) is 6.04 Å². The van der Waals surface area contributed by atoms with Crippen molar-refractivity contribution in [3.8, 4) is 0 Å². The Labute approximate surface area is 152 Å². The molecule has 0 saturated heterocycles. The highest BCUT2D eigenvalue weighted by molar-refractivity contribution is 7.10. The minimum Gasteiger partial charge on any atom is -0.326 e. The molecule has 132 valence electrons. The summed E-state index contributed by atoms with van der Waals surface area (Å²) in [5.74, 6) is -0.361. The number of nitrogens with zero attached hydrogens (tertiary/aromatic N) is 1. The number of rotatable bonds is 5. The molecule has 1 aromatic heterocycles. The van der Waals surface area contributed by atoms with Gasteiger partial charge in [-0.1, -0.05) is 24.3 Å². The van der Waals surface area contributed by atoms with Crippen molar-refractivity contribution >= 4 is 28.7 Å². The lowest BCUT2D eigenvalue weighted by Crippen LogP contribution is -2.32. The Balaban J connectivity index is 1.78. The molecule has 0 spiro atoms. The molecule has 0 radical (unpaired) electrons. The molecule has 3 aromatic rings. The van der Waals surface area contributed by atoms with E-state index < -0.39 is 17.0 Å². The smallest absolute Gasteiger partial charge is 0.320 e. The zero-order chi connectivity index (χ0) is 18.5. The molecule has 1 atom stereocenters. The van der Waals surface area contributed by atoms with Gasteiger partial charge in [-0.25, -0.2) is 9.18 Å². The number of hydrogen-bond acceptors (Lipinski definition) is 4. The number of thiophene rings is 1. The van der Waals surface area contributed by atoms with Gasteiger partial charge in [-0.2, -0.15) is 0 Å². The van der Waals surface area contributed by atoms with Crippen molar-refractivity contribution in [1.29, 1.82) is 0 Å². The third kappa shape index (κ3) is 4.22. The number of amides is 2. The molecule has 2 N–H and O–H groups in total. The molecule has 0 fully saturated rings. The lowest BCUT2D eigenvalue weighted by molar-refractivity contribution is -0.384. The van der Waals surface area contributed by atoms with E-state index in [-0.39, 0.29) is 11.5 Å². The minimum absolute atomic E-state index is 0.115. The number of urea groups is 1. The summed E-state index contributed by atoms with van der Waals surface area (Å²) in [7, 11) is 0. The summed E-state index contributed by atoms with van der Waals surface area (Å²) >= 11 is 1.46. The van der Waals surface area contributed by atoms with Crippen LogP contribution in [0, 0.1) is 15.9 Å². The highest BCUT2D eigenvalue weighted by Gasteiger charge is 2.18. The van der Waals surface area contributed by atoms with Crippen LogP contribution in [0.5, 0.6) is 0 Å². The Morgan fingerprint density at radius 2 is 1.88 bits per heavy atom. The molecule has 6 nitrogen and oxygen atoms in total. The van der Waals surface area contributed by atoms with Crippen LogP contribution in [0.4, 0.5) is 20.6 Å². The molecule has 0 unspecified atom stereocenters. The van der Waals surface area contributed by atoms with E-state index >= 15 is 0 Å². The van der Waals surface area contributed by atoms with E-state index in [2.05, 4.69) is 10.6 Å². The standard InChI is InChI=1S/C18H14FN3O3S/c19-13-8-6-12(7-9-13)17(16-5-2-10-26-16)21-18(23)20-14-3-1-4-15(11-14)22(24)25/h1-11,17H,(H2,20,21,23)/t17-/m1/s1. The van der Waals surface area contributed by atoms with Crippen LogP contribution in [-0.4, -0.2) is 11.0 Å². The fourth-order valence-corrected chi connectivity index (χ4v) is 3.23. The van der Waals surface area contributed by atoms with Crippen molar-refractivity contribution in [1.82, 2.24) is 5.32 Å². The number of nitrogens with one attached hydrogen (secondary N) is 2. The molecule has 26 heavy (non-hydrogen) atoms. The quantitative estimate of drug-likeness (QED) is 0.503. The van der Waals surface area contributed by atoms with Gasteiger partial charge in [0.25, 0.3) is 5.69 Å². The van der Waals surface area contributed by atoms with Crippen molar-refractivity contribution in [3.05, 3.63) is 92.4 Å². The Morgan fingerprint density at radius 3 is 2.54 bits per heavy atom. The maximum atomic E-state index is 13.2. The number of nitro groups is 1. The fourth-order valence-electron chi connectivity index (χ4n) is 2.42. The molecule has 3 rings (SSSR count). The number of benzene rings is 2. The van der Waals surface area contributed by atoms with Gasteiger partial charge in [-0.05, 0) is 35.2 Å². The molecule has 0 aliphatic carbocycles. The van der Waals surface area contributed by atoms with Crippen LogP contribution < -0.4 is 10.6 Å². The molecular formula is C18H14FN3O3S. The highest BCUT2D eigenvalue weighted by Crippen LogP contribution is 2.26. The first kappa shape index (κ1) is 17.6. The third-order valence-corrected chi connectivity index (χ3v) is 4.56. The van der Waals surface area contributed by atoms with Crippen molar-refractivity contribution in [2.24, 2.45) is 0 Å². The summed E-state index contributed by atoms with van der Waals surface area (Å²) in [6.07, 6.45) is 0. The monoisotopic (exact) mass is 371 g/mol. The Kier molecular flexibility index (Phi) is 5.23. The number of hydrogen-bond donors (Lipinski definition) is 2.